The lowest BCUT2D eigenvalue weighted by Gasteiger charge is -2.42. The van der Waals surface area contributed by atoms with E-state index in [-0.39, 0.29) is 5.91 Å². The minimum Gasteiger partial charge on any atom is -0.462 e. The van der Waals surface area contributed by atoms with Gasteiger partial charge in [-0.25, -0.2) is 9.97 Å². The highest BCUT2D eigenvalue weighted by Crippen LogP contribution is 2.26. The van der Waals surface area contributed by atoms with Gasteiger partial charge in [0.2, 0.25) is 11.9 Å². The van der Waals surface area contributed by atoms with Crippen LogP contribution in [0.4, 0.5) is 5.95 Å². The molecule has 2 aliphatic carbocycles. The van der Waals surface area contributed by atoms with E-state index in [4.69, 9.17) is 4.74 Å². The minimum absolute atomic E-state index is 0.146. The van der Waals surface area contributed by atoms with Crippen molar-refractivity contribution in [3.63, 3.8) is 0 Å². The van der Waals surface area contributed by atoms with Crippen molar-refractivity contribution >= 4 is 11.9 Å². The van der Waals surface area contributed by atoms with Gasteiger partial charge in [0.15, 0.2) is 0 Å². The molecular weight excluding hydrogens is 534 g/mol. The summed E-state index contributed by atoms with van der Waals surface area (Å²) >= 11 is 0. The highest BCUT2D eigenvalue weighted by molar-refractivity contribution is 5.77. The van der Waals surface area contributed by atoms with Gasteiger partial charge >= 0.3 is 0 Å². The summed E-state index contributed by atoms with van der Waals surface area (Å²) in [6, 6.07) is 0.868. The van der Waals surface area contributed by atoms with E-state index in [9.17, 15) is 4.79 Å². The molecule has 1 aliphatic heterocycles. The minimum atomic E-state index is 0.146. The molecular formula is C36H53N5O2. The van der Waals surface area contributed by atoms with Gasteiger partial charge in [0.05, 0.1) is 0 Å². The molecule has 7 nitrogen and oxygen atoms in total. The number of allylic oxidation sites excluding steroid dienone is 10. The Labute approximate surface area is 260 Å². The van der Waals surface area contributed by atoms with E-state index in [1.165, 1.54) is 37.9 Å². The number of rotatable bonds is 11. The van der Waals surface area contributed by atoms with Crippen LogP contribution in [0.25, 0.3) is 0 Å². The number of aromatic nitrogens is 2. The van der Waals surface area contributed by atoms with Gasteiger partial charge in [-0.15, -0.1) is 0 Å². The Balaban J connectivity index is 0.000000241. The predicted octanol–water partition coefficient (Wildman–Crippen LogP) is 7.09. The van der Waals surface area contributed by atoms with Crippen molar-refractivity contribution in [2.45, 2.75) is 85.6 Å². The van der Waals surface area contributed by atoms with Crippen LogP contribution in [0.1, 0.15) is 77.5 Å². The molecule has 0 bridgehead atoms. The molecule has 0 unspecified atom stereocenters. The maximum absolute atomic E-state index is 11.8. The Hall–Kier alpha value is -3.45. The molecule has 43 heavy (non-hydrogen) atoms. The van der Waals surface area contributed by atoms with Crippen LogP contribution in [0.3, 0.4) is 0 Å². The van der Waals surface area contributed by atoms with E-state index < -0.39 is 0 Å². The zero-order valence-electron chi connectivity index (χ0n) is 27.4. The van der Waals surface area contributed by atoms with E-state index in [1.54, 1.807) is 4.90 Å². The number of hydrogen-bond acceptors (Lipinski definition) is 6. The van der Waals surface area contributed by atoms with Crippen molar-refractivity contribution in [2.75, 3.05) is 44.7 Å². The summed E-state index contributed by atoms with van der Waals surface area (Å²) in [7, 11) is 1.84. The molecule has 0 N–H and O–H groups in total. The maximum atomic E-state index is 11.8. The normalized spacial score (nSPS) is 18.1. The van der Waals surface area contributed by atoms with Crippen LogP contribution in [0.15, 0.2) is 78.0 Å². The molecule has 0 aromatic carbocycles. The van der Waals surface area contributed by atoms with Crippen LogP contribution < -0.4 is 4.90 Å². The van der Waals surface area contributed by atoms with E-state index in [2.05, 4.69) is 58.8 Å². The van der Waals surface area contributed by atoms with Crippen molar-refractivity contribution in [1.29, 1.82) is 0 Å². The number of piperazine rings is 1. The summed E-state index contributed by atoms with van der Waals surface area (Å²) in [5, 5.41) is 0. The van der Waals surface area contributed by atoms with Crippen LogP contribution in [0, 0.1) is 6.92 Å². The zero-order valence-corrected chi connectivity index (χ0v) is 27.4. The van der Waals surface area contributed by atoms with Gasteiger partial charge in [-0.05, 0) is 76.2 Å². The molecule has 3 aliphatic rings. The molecule has 234 valence electrons. The smallest absolute Gasteiger partial charge is 0.226 e. The van der Waals surface area contributed by atoms with Crippen molar-refractivity contribution in [3.05, 3.63) is 89.2 Å². The first kappa shape index (κ1) is 34.0. The van der Waals surface area contributed by atoms with Crippen molar-refractivity contribution in [3.8, 4) is 0 Å². The lowest BCUT2D eigenvalue weighted by Crippen LogP contribution is -2.52. The van der Waals surface area contributed by atoms with Crippen LogP contribution in [0.2, 0.25) is 0 Å². The number of nitrogens with zero attached hydrogens (tertiary/aromatic N) is 5. The fourth-order valence-corrected chi connectivity index (χ4v) is 5.18. The molecule has 1 saturated carbocycles. The fraction of sp³-hybridized carbons (Fsp3) is 0.528. The van der Waals surface area contributed by atoms with Crippen LogP contribution in [-0.2, 0) is 16.0 Å². The van der Waals surface area contributed by atoms with Gasteiger partial charge in [-0.3, -0.25) is 9.69 Å². The van der Waals surface area contributed by atoms with Gasteiger partial charge in [0.1, 0.15) is 11.5 Å². The number of aryl methyl sites for hydroxylation is 2. The third kappa shape index (κ3) is 11.3. The third-order valence-electron chi connectivity index (χ3n) is 8.19. The van der Waals surface area contributed by atoms with Gasteiger partial charge in [-0.1, -0.05) is 62.8 Å². The second-order valence-corrected chi connectivity index (χ2v) is 11.5. The molecule has 1 aromatic rings. The summed E-state index contributed by atoms with van der Waals surface area (Å²) in [4.78, 5) is 27.7. The van der Waals surface area contributed by atoms with Crippen LogP contribution >= 0.6 is 0 Å². The Morgan fingerprint density at radius 1 is 1.12 bits per heavy atom. The number of amides is 1. The number of carbonyl (C=O) groups is 1. The second-order valence-electron chi connectivity index (χ2n) is 11.5. The Morgan fingerprint density at radius 2 is 1.88 bits per heavy atom. The monoisotopic (exact) mass is 587 g/mol. The second kappa shape index (κ2) is 18.3. The SMILES string of the molecule is CCCN(C)C(=O)C/C=C/C=C\C=C(/C)OC1=CCC=CC=C1C.CCc1cnc(N2CCN(C3CCC3)CC2)nc1C. The molecule has 1 amide bonds. The van der Waals surface area contributed by atoms with Crippen molar-refractivity contribution < 1.29 is 9.53 Å². The van der Waals surface area contributed by atoms with Gasteiger partial charge in [0, 0.05) is 64.1 Å². The van der Waals surface area contributed by atoms with Gasteiger partial charge < -0.3 is 14.5 Å². The molecule has 7 heteroatoms. The molecule has 2 heterocycles. The highest BCUT2D eigenvalue weighted by atomic mass is 16.5. The fourth-order valence-electron chi connectivity index (χ4n) is 5.18. The standard InChI is InChI=1S/C21H29NO2.C15H24N4/c1-5-17-22(4)21(23)16-12-7-6-10-14-19(3)24-20-15-11-8-9-13-18(20)2;1-3-13-11-16-15(17-12(13)2)19-9-7-18(8-10-19)14-5-4-6-14/h6-10,12-15H,5,11,16-17H2,1-4H3;11,14H,3-10H2,1-2H3/b10-6-,12-7+,19-14+;. The maximum Gasteiger partial charge on any atom is 0.226 e. The summed E-state index contributed by atoms with van der Waals surface area (Å²) in [5.74, 6) is 2.80. The average Bonchev–Trinajstić information content (AvgIpc) is 3.18. The summed E-state index contributed by atoms with van der Waals surface area (Å²) in [5.41, 5.74) is 3.51. The molecule has 2 fully saturated rings. The first-order chi connectivity index (χ1) is 20.8. The van der Waals surface area contributed by atoms with E-state index in [0.717, 1.165) is 73.7 Å². The highest BCUT2D eigenvalue weighted by Gasteiger charge is 2.28. The number of carbonyl (C=O) groups excluding carboxylic acids is 1. The average molecular weight is 588 g/mol. The largest absolute Gasteiger partial charge is 0.462 e. The van der Waals surface area contributed by atoms with Crippen LogP contribution in [0.5, 0.6) is 0 Å². The number of hydrogen-bond donors (Lipinski definition) is 0. The first-order valence-corrected chi connectivity index (χ1v) is 16.1. The van der Waals surface area contributed by atoms with Crippen LogP contribution in [-0.4, -0.2) is 71.5 Å². The molecule has 0 radical (unpaired) electrons. The lowest BCUT2D eigenvalue weighted by atomic mass is 9.91. The Morgan fingerprint density at radius 3 is 2.53 bits per heavy atom. The number of ether oxygens (including phenoxy) is 1. The Kier molecular flexibility index (Phi) is 14.5. The van der Waals surface area contributed by atoms with Gasteiger partial charge in [0.25, 0.3) is 0 Å². The third-order valence-corrected chi connectivity index (χ3v) is 8.19. The summed E-state index contributed by atoms with van der Waals surface area (Å²) in [6.45, 7) is 15.6. The van der Waals surface area contributed by atoms with E-state index in [0.29, 0.717) is 6.42 Å². The molecule has 0 atom stereocenters. The summed E-state index contributed by atoms with van der Waals surface area (Å²) in [6.07, 6.45) is 27.3. The zero-order chi connectivity index (χ0) is 31.0. The quantitative estimate of drug-likeness (QED) is 0.204. The molecule has 4 rings (SSSR count). The predicted molar refractivity (Wildman–Crippen MR) is 179 cm³/mol. The molecule has 1 saturated heterocycles. The topological polar surface area (TPSA) is 61.8 Å². The summed E-state index contributed by atoms with van der Waals surface area (Å²) < 4.78 is 5.86. The first-order valence-electron chi connectivity index (χ1n) is 16.1. The van der Waals surface area contributed by atoms with Gasteiger partial charge in [-0.2, -0.15) is 0 Å². The van der Waals surface area contributed by atoms with Crippen molar-refractivity contribution in [1.82, 2.24) is 19.8 Å². The molecule has 1 aromatic heterocycles. The molecule has 0 spiro atoms. The van der Waals surface area contributed by atoms with E-state index in [1.807, 2.05) is 63.5 Å². The van der Waals surface area contributed by atoms with E-state index >= 15 is 0 Å². The van der Waals surface area contributed by atoms with Crippen molar-refractivity contribution in [2.24, 2.45) is 0 Å². The number of anilines is 1. The Bertz CT molecular complexity index is 1210. The lowest BCUT2D eigenvalue weighted by molar-refractivity contribution is -0.128.